The van der Waals surface area contributed by atoms with Crippen molar-refractivity contribution >= 4 is 14.5 Å². The molecule has 1 rings (SSSR count). The Bertz CT molecular complexity index is 383. The maximum atomic E-state index is 6.11. The molecule has 0 aliphatic rings. The predicted octanol–water partition coefficient (Wildman–Crippen LogP) is 7.56. The van der Waals surface area contributed by atoms with Gasteiger partial charge in [0.2, 0.25) is 0 Å². The molecule has 0 aromatic heterocycles. The van der Waals surface area contributed by atoms with Crippen LogP contribution in [-0.2, 0) is 6.42 Å². The Hall–Kier alpha value is -0.448. The zero-order valence-electron chi connectivity index (χ0n) is 16.5. The van der Waals surface area contributed by atoms with E-state index in [-0.39, 0.29) is 0 Å². The van der Waals surface area contributed by atoms with Crippen LogP contribution in [0, 0.1) is 0 Å². The van der Waals surface area contributed by atoms with E-state index in [0.29, 0.717) is 0 Å². The SMILES string of the molecule is CCCCCCCCCCCCc1ccc([O][Al]([CH2]C)[CH2]C)cc1. The number of rotatable bonds is 15. The molecule has 0 aliphatic carbocycles. The number of benzene rings is 1. The summed E-state index contributed by atoms with van der Waals surface area (Å²) in [6, 6.07) is 8.88. The van der Waals surface area contributed by atoms with Crippen molar-refractivity contribution in [3.05, 3.63) is 29.8 Å². The van der Waals surface area contributed by atoms with Crippen LogP contribution in [0.5, 0.6) is 5.75 Å². The highest BCUT2D eigenvalue weighted by atomic mass is 27.2. The van der Waals surface area contributed by atoms with E-state index in [1.165, 1.54) is 86.8 Å². The van der Waals surface area contributed by atoms with Gasteiger partial charge in [-0.2, -0.15) is 0 Å². The van der Waals surface area contributed by atoms with E-state index in [0.717, 1.165) is 5.75 Å². The zero-order chi connectivity index (χ0) is 17.5. The second-order valence-electron chi connectivity index (χ2n) is 7.13. The lowest BCUT2D eigenvalue weighted by Gasteiger charge is -2.12. The van der Waals surface area contributed by atoms with Crippen molar-refractivity contribution in [2.75, 3.05) is 0 Å². The summed E-state index contributed by atoms with van der Waals surface area (Å²) in [6.07, 6.45) is 15.3. The molecule has 1 nitrogen and oxygen atoms in total. The van der Waals surface area contributed by atoms with Gasteiger partial charge in [0.05, 0.1) is 5.75 Å². The van der Waals surface area contributed by atoms with E-state index in [2.05, 4.69) is 45.0 Å². The van der Waals surface area contributed by atoms with Gasteiger partial charge in [0, 0.05) is 0 Å². The summed E-state index contributed by atoms with van der Waals surface area (Å²) in [4.78, 5) is 0. The van der Waals surface area contributed by atoms with E-state index in [1.807, 2.05) is 0 Å². The minimum absolute atomic E-state index is 0.983. The molecule has 0 atom stereocenters. The molecule has 0 radical (unpaired) electrons. The fraction of sp³-hybridized carbons (Fsp3) is 0.727. The first-order valence-corrected chi connectivity index (χ1v) is 12.7. The quantitative estimate of drug-likeness (QED) is 0.235. The zero-order valence-corrected chi connectivity index (χ0v) is 17.6. The van der Waals surface area contributed by atoms with Crippen molar-refractivity contribution in [3.8, 4) is 5.75 Å². The summed E-state index contributed by atoms with van der Waals surface area (Å²) in [6.45, 7) is 6.79. The summed E-state index contributed by atoms with van der Waals surface area (Å²) in [5.41, 5.74) is 1.47. The topological polar surface area (TPSA) is 9.23 Å². The normalized spacial score (nSPS) is 10.8. The molecular formula is C22H39AlO. The van der Waals surface area contributed by atoms with Crippen LogP contribution in [0.4, 0.5) is 0 Å². The highest BCUT2D eigenvalue weighted by molar-refractivity contribution is 6.52. The van der Waals surface area contributed by atoms with Gasteiger partial charge in [-0.15, -0.1) is 0 Å². The first-order chi connectivity index (χ1) is 11.8. The first-order valence-electron chi connectivity index (χ1n) is 10.6. The molecular weight excluding hydrogens is 307 g/mol. The summed E-state index contributed by atoms with van der Waals surface area (Å²) >= 11 is -0.983. The lowest BCUT2D eigenvalue weighted by molar-refractivity contribution is 0.555. The minimum atomic E-state index is -0.983. The Balaban J connectivity index is 2.05. The lowest BCUT2D eigenvalue weighted by atomic mass is 10.0. The number of aryl methyl sites for hydroxylation is 1. The molecule has 0 N–H and O–H groups in total. The predicted molar refractivity (Wildman–Crippen MR) is 109 cm³/mol. The van der Waals surface area contributed by atoms with Crippen LogP contribution < -0.4 is 3.79 Å². The van der Waals surface area contributed by atoms with Gasteiger partial charge in [-0.3, -0.25) is 0 Å². The van der Waals surface area contributed by atoms with E-state index in [9.17, 15) is 0 Å². The highest BCUT2D eigenvalue weighted by Gasteiger charge is 2.17. The minimum Gasteiger partial charge on any atom is -0.643 e. The molecule has 0 unspecified atom stereocenters. The van der Waals surface area contributed by atoms with Crippen LogP contribution in [0.3, 0.4) is 0 Å². The molecule has 0 bridgehead atoms. The van der Waals surface area contributed by atoms with Crippen molar-refractivity contribution in [1.29, 1.82) is 0 Å². The Labute approximate surface area is 155 Å². The van der Waals surface area contributed by atoms with Crippen molar-refractivity contribution in [1.82, 2.24) is 0 Å². The van der Waals surface area contributed by atoms with Gasteiger partial charge in [-0.25, -0.2) is 0 Å². The first kappa shape index (κ1) is 21.6. The molecule has 1 aromatic carbocycles. The largest absolute Gasteiger partial charge is 0.643 e. The van der Waals surface area contributed by atoms with Crippen molar-refractivity contribution in [2.24, 2.45) is 0 Å². The van der Waals surface area contributed by atoms with Crippen LogP contribution in [0.2, 0.25) is 10.6 Å². The van der Waals surface area contributed by atoms with Gasteiger partial charge >= 0.3 is 14.5 Å². The third-order valence-electron chi connectivity index (χ3n) is 4.96. The maximum absolute atomic E-state index is 6.11. The molecule has 1 aromatic rings. The van der Waals surface area contributed by atoms with E-state index < -0.39 is 14.5 Å². The van der Waals surface area contributed by atoms with Crippen molar-refractivity contribution in [2.45, 2.75) is 102 Å². The Morgan fingerprint density at radius 1 is 0.667 bits per heavy atom. The van der Waals surface area contributed by atoms with Crippen LogP contribution in [-0.4, -0.2) is 14.5 Å². The molecule has 0 saturated heterocycles. The molecule has 0 amide bonds. The van der Waals surface area contributed by atoms with E-state index in [4.69, 9.17) is 3.79 Å². The lowest BCUT2D eigenvalue weighted by Crippen LogP contribution is -2.18. The number of hydrogen-bond donors (Lipinski definition) is 0. The third-order valence-corrected chi connectivity index (χ3v) is 7.38. The molecule has 0 spiro atoms. The van der Waals surface area contributed by atoms with Crippen LogP contribution in [0.15, 0.2) is 24.3 Å². The van der Waals surface area contributed by atoms with Gasteiger partial charge in [0.15, 0.2) is 0 Å². The fourth-order valence-corrected chi connectivity index (χ4v) is 4.65. The third kappa shape index (κ3) is 10.4. The second-order valence-corrected chi connectivity index (χ2v) is 10.2. The summed E-state index contributed by atoms with van der Waals surface area (Å²) < 4.78 is 6.11. The standard InChI is InChI=1S/C18H30O.2C2H5.Al/c1-2-3-4-5-6-7-8-9-10-11-12-17-13-15-18(19)16-14-17;2*1-2;/h13-16,19H,2-12H2,1H3;2*1H2,2H3;/q;;;+1/p-1. The van der Waals surface area contributed by atoms with Gasteiger partial charge in [-0.1, -0.05) is 101 Å². The molecule has 0 saturated carbocycles. The maximum Gasteiger partial charge on any atom is 0.546 e. The van der Waals surface area contributed by atoms with Gasteiger partial charge in [0.1, 0.15) is 0 Å². The molecule has 136 valence electrons. The molecule has 2 heteroatoms. The smallest absolute Gasteiger partial charge is 0.546 e. The average Bonchev–Trinajstić information content (AvgIpc) is 2.62. The highest BCUT2D eigenvalue weighted by Crippen LogP contribution is 2.17. The van der Waals surface area contributed by atoms with Gasteiger partial charge in [0.25, 0.3) is 0 Å². The van der Waals surface area contributed by atoms with E-state index in [1.54, 1.807) is 0 Å². The fourth-order valence-electron chi connectivity index (χ4n) is 3.20. The summed E-state index contributed by atoms with van der Waals surface area (Å²) in [7, 11) is 0. The Morgan fingerprint density at radius 3 is 1.67 bits per heavy atom. The van der Waals surface area contributed by atoms with Crippen LogP contribution in [0.1, 0.15) is 90.5 Å². The monoisotopic (exact) mass is 346 g/mol. The van der Waals surface area contributed by atoms with E-state index >= 15 is 0 Å². The number of unbranched alkanes of at least 4 members (excludes halogenated alkanes) is 9. The Morgan fingerprint density at radius 2 is 1.17 bits per heavy atom. The van der Waals surface area contributed by atoms with Crippen molar-refractivity contribution < 1.29 is 3.79 Å². The molecule has 0 heterocycles. The Kier molecular flexibility index (Phi) is 13.4. The molecule has 0 aliphatic heterocycles. The second kappa shape index (κ2) is 14.9. The molecule has 24 heavy (non-hydrogen) atoms. The average molecular weight is 347 g/mol. The summed E-state index contributed by atoms with van der Waals surface area (Å²) in [5.74, 6) is 1.09. The van der Waals surface area contributed by atoms with Gasteiger partial charge < -0.3 is 3.79 Å². The summed E-state index contributed by atoms with van der Waals surface area (Å²) in [5, 5.41) is 2.44. The van der Waals surface area contributed by atoms with Crippen LogP contribution >= 0.6 is 0 Å². The van der Waals surface area contributed by atoms with Crippen LogP contribution in [0.25, 0.3) is 0 Å². The number of hydrogen-bond acceptors (Lipinski definition) is 1. The van der Waals surface area contributed by atoms with Crippen molar-refractivity contribution in [3.63, 3.8) is 0 Å². The van der Waals surface area contributed by atoms with Gasteiger partial charge in [-0.05, 0) is 30.5 Å². The molecule has 0 fully saturated rings.